The minimum absolute atomic E-state index is 0.160. The van der Waals surface area contributed by atoms with Crippen molar-refractivity contribution in [2.75, 3.05) is 6.26 Å². The van der Waals surface area contributed by atoms with Crippen LogP contribution in [0.5, 0.6) is 0 Å². The van der Waals surface area contributed by atoms with Gasteiger partial charge in [-0.25, -0.2) is 13.4 Å². The van der Waals surface area contributed by atoms with Crippen LogP contribution in [0.1, 0.15) is 58.4 Å². The zero-order valence-corrected chi connectivity index (χ0v) is 23.9. The number of hydrogen-bond acceptors (Lipinski definition) is 6. The number of hydrogen-bond donors (Lipinski definition) is 0. The summed E-state index contributed by atoms with van der Waals surface area (Å²) in [5.74, 6) is 3.38. The van der Waals surface area contributed by atoms with Crippen LogP contribution >= 0.6 is 0 Å². The average molecular weight is 514 g/mol. The van der Waals surface area contributed by atoms with Crippen LogP contribution in [0.25, 0.3) is 11.0 Å². The van der Waals surface area contributed by atoms with E-state index in [1.54, 1.807) is 24.9 Å². The monoisotopic (exact) mass is 513 g/mol. The van der Waals surface area contributed by atoms with Gasteiger partial charge in [-0.3, -0.25) is 14.0 Å². The predicted molar refractivity (Wildman–Crippen MR) is 142 cm³/mol. The molecule has 0 fully saturated rings. The fourth-order valence-electron chi connectivity index (χ4n) is 5.15. The van der Waals surface area contributed by atoms with Crippen molar-refractivity contribution in [3.8, 4) is 11.5 Å². The van der Waals surface area contributed by atoms with Crippen LogP contribution in [-0.2, 0) is 23.4 Å². The first kappa shape index (κ1) is 26.8. The van der Waals surface area contributed by atoms with Gasteiger partial charge in [0, 0.05) is 36.8 Å². The van der Waals surface area contributed by atoms with Gasteiger partial charge in [0.05, 0.1) is 17.6 Å². The van der Waals surface area contributed by atoms with Crippen LogP contribution in [0.15, 0.2) is 28.4 Å². The Kier molecular flexibility index (Phi) is 7.44. The molecular formula is C25H35N5O3SSi. The van der Waals surface area contributed by atoms with Crippen LogP contribution < -0.4 is 5.56 Å². The highest BCUT2D eigenvalue weighted by Crippen LogP contribution is 2.41. The fourth-order valence-corrected chi connectivity index (χ4v) is 10.9. The van der Waals surface area contributed by atoms with E-state index in [4.69, 9.17) is 0 Å². The topological polar surface area (TPSA) is 99.7 Å². The standard InChI is InChI=1S/C25H35N5O3SSi/c1-16(2)35(17(3)4,18(5)6)13-11-21-19(7)24(31)30(15-20-10-12-29(8)28-20)23-22(21)14-26-25(27-23)34(9,32)33/h10,12,14,16-18H,15H2,1-9H3. The van der Waals surface area contributed by atoms with E-state index < -0.39 is 17.9 Å². The number of pyridine rings is 1. The third-order valence-electron chi connectivity index (χ3n) is 6.90. The smallest absolute Gasteiger partial charge is 0.256 e. The summed E-state index contributed by atoms with van der Waals surface area (Å²) in [5.41, 5.74) is 6.68. The van der Waals surface area contributed by atoms with Crippen molar-refractivity contribution in [2.24, 2.45) is 7.05 Å². The molecule has 0 amide bonds. The highest BCUT2D eigenvalue weighted by atomic mass is 32.2. The van der Waals surface area contributed by atoms with Crippen molar-refractivity contribution in [3.63, 3.8) is 0 Å². The van der Waals surface area contributed by atoms with Gasteiger partial charge in [-0.05, 0) is 29.6 Å². The molecule has 0 N–H and O–H groups in total. The maximum atomic E-state index is 13.6. The number of fused-ring (bicyclic) bond motifs is 1. The second-order valence-corrected chi connectivity index (χ2v) is 17.7. The molecule has 3 aromatic heterocycles. The third kappa shape index (κ3) is 4.97. The molecule has 0 aromatic carbocycles. The fraction of sp³-hybridized carbons (Fsp3) is 0.520. The Labute approximate surface area is 208 Å². The number of rotatable bonds is 6. The maximum absolute atomic E-state index is 13.6. The first-order valence-corrected chi connectivity index (χ1v) is 15.9. The molecule has 0 spiro atoms. The predicted octanol–water partition coefficient (Wildman–Crippen LogP) is 3.85. The number of aryl methyl sites for hydroxylation is 1. The van der Waals surface area contributed by atoms with E-state index in [-0.39, 0.29) is 22.9 Å². The Morgan fingerprint density at radius 3 is 2.17 bits per heavy atom. The van der Waals surface area contributed by atoms with Crippen molar-refractivity contribution in [1.82, 2.24) is 24.3 Å². The molecule has 3 rings (SSSR count). The molecule has 35 heavy (non-hydrogen) atoms. The highest BCUT2D eigenvalue weighted by Gasteiger charge is 2.41. The van der Waals surface area contributed by atoms with E-state index in [0.717, 1.165) is 6.26 Å². The van der Waals surface area contributed by atoms with Gasteiger partial charge in [0.1, 0.15) is 13.7 Å². The summed E-state index contributed by atoms with van der Waals surface area (Å²) in [5, 5.41) is 4.62. The summed E-state index contributed by atoms with van der Waals surface area (Å²) in [6.07, 6.45) is 4.33. The summed E-state index contributed by atoms with van der Waals surface area (Å²) in [6.45, 7) is 15.3. The molecule has 0 saturated heterocycles. The van der Waals surface area contributed by atoms with E-state index in [1.165, 1.54) is 10.8 Å². The lowest BCUT2D eigenvalue weighted by molar-refractivity contribution is 0.593. The summed E-state index contributed by atoms with van der Waals surface area (Å²) in [6, 6.07) is 1.81. The summed E-state index contributed by atoms with van der Waals surface area (Å²) >= 11 is 0. The van der Waals surface area contributed by atoms with Crippen molar-refractivity contribution in [2.45, 2.75) is 76.8 Å². The Bertz CT molecular complexity index is 1470. The second-order valence-electron chi connectivity index (χ2n) is 10.2. The minimum atomic E-state index is -3.67. The molecule has 0 radical (unpaired) electrons. The van der Waals surface area contributed by atoms with Crippen LogP contribution in [0.2, 0.25) is 16.6 Å². The largest absolute Gasteiger partial charge is 0.286 e. The van der Waals surface area contributed by atoms with Gasteiger partial charge in [0.2, 0.25) is 15.0 Å². The maximum Gasteiger partial charge on any atom is 0.256 e. The highest BCUT2D eigenvalue weighted by molar-refractivity contribution is 7.90. The van der Waals surface area contributed by atoms with Crippen molar-refractivity contribution < 1.29 is 8.42 Å². The molecule has 3 heterocycles. The lowest BCUT2D eigenvalue weighted by Crippen LogP contribution is -2.43. The van der Waals surface area contributed by atoms with E-state index in [1.807, 2.05) is 6.07 Å². The van der Waals surface area contributed by atoms with E-state index in [2.05, 4.69) is 68.1 Å². The zero-order chi connectivity index (χ0) is 26.3. The summed E-state index contributed by atoms with van der Waals surface area (Å²) in [7, 11) is -3.94. The van der Waals surface area contributed by atoms with Crippen molar-refractivity contribution in [3.05, 3.63) is 45.6 Å². The normalized spacial score (nSPS) is 12.6. The molecule has 0 aliphatic heterocycles. The minimum Gasteiger partial charge on any atom is -0.286 e. The van der Waals surface area contributed by atoms with Gasteiger partial charge in [-0.15, -0.1) is 5.54 Å². The molecule has 10 heteroatoms. The number of sulfone groups is 1. The van der Waals surface area contributed by atoms with Gasteiger partial charge in [0.25, 0.3) is 5.56 Å². The third-order valence-corrected chi connectivity index (χ3v) is 14.1. The Morgan fingerprint density at radius 1 is 1.09 bits per heavy atom. The van der Waals surface area contributed by atoms with Gasteiger partial charge >= 0.3 is 0 Å². The molecule has 8 nitrogen and oxygen atoms in total. The average Bonchev–Trinajstić information content (AvgIpc) is 3.16. The van der Waals surface area contributed by atoms with Crippen LogP contribution in [0.3, 0.4) is 0 Å². The molecular weight excluding hydrogens is 478 g/mol. The lowest BCUT2D eigenvalue weighted by atomic mass is 10.1. The number of aromatic nitrogens is 5. The number of nitrogens with zero attached hydrogens (tertiary/aromatic N) is 5. The molecule has 3 aromatic rings. The Hall–Kier alpha value is -2.77. The quantitative estimate of drug-likeness (QED) is 0.282. The molecule has 0 aliphatic carbocycles. The zero-order valence-electron chi connectivity index (χ0n) is 22.0. The van der Waals surface area contributed by atoms with E-state index >= 15 is 0 Å². The summed E-state index contributed by atoms with van der Waals surface area (Å²) < 4.78 is 27.6. The molecule has 0 atom stereocenters. The molecule has 0 bridgehead atoms. The first-order chi connectivity index (χ1) is 16.2. The van der Waals surface area contributed by atoms with E-state index in [9.17, 15) is 13.2 Å². The Balaban J connectivity index is 2.39. The SMILES string of the molecule is Cc1c(C#C[Si](C(C)C)(C(C)C)C(C)C)c2cnc(S(C)(=O)=O)nc2n(Cc2ccn(C)n2)c1=O. The van der Waals surface area contributed by atoms with E-state index in [0.29, 0.717) is 38.8 Å². The van der Waals surface area contributed by atoms with Crippen LogP contribution in [-0.4, -0.2) is 47.1 Å². The Morgan fingerprint density at radius 2 is 1.69 bits per heavy atom. The van der Waals surface area contributed by atoms with Gasteiger partial charge in [-0.1, -0.05) is 47.5 Å². The molecule has 0 unspecified atom stereocenters. The van der Waals surface area contributed by atoms with Crippen LogP contribution in [0, 0.1) is 18.4 Å². The van der Waals surface area contributed by atoms with Gasteiger partial charge in [-0.2, -0.15) is 10.1 Å². The summed E-state index contributed by atoms with van der Waals surface area (Å²) in [4.78, 5) is 22.0. The van der Waals surface area contributed by atoms with Gasteiger partial charge < -0.3 is 0 Å². The van der Waals surface area contributed by atoms with Crippen molar-refractivity contribution in [1.29, 1.82) is 0 Å². The van der Waals surface area contributed by atoms with Crippen LogP contribution in [0.4, 0.5) is 0 Å². The second kappa shape index (κ2) is 9.70. The van der Waals surface area contributed by atoms with Crippen molar-refractivity contribution >= 4 is 28.9 Å². The molecule has 188 valence electrons. The lowest BCUT2D eigenvalue weighted by Gasteiger charge is -2.38. The molecule has 0 saturated carbocycles. The van der Waals surface area contributed by atoms with Gasteiger partial charge in [0.15, 0.2) is 0 Å². The molecule has 0 aliphatic rings. The first-order valence-electron chi connectivity index (χ1n) is 11.8.